The Morgan fingerprint density at radius 3 is 2.77 bits per heavy atom. The van der Waals surface area contributed by atoms with E-state index in [-0.39, 0.29) is 11.5 Å². The number of aromatic nitrogens is 2. The summed E-state index contributed by atoms with van der Waals surface area (Å²) in [6.45, 7) is 1.45. The number of carboxylic acids is 1. The Morgan fingerprint density at radius 1 is 1.23 bits per heavy atom. The Morgan fingerprint density at radius 2 is 2.05 bits per heavy atom. The van der Waals surface area contributed by atoms with Gasteiger partial charge in [-0.3, -0.25) is 4.79 Å². The number of fused-ring (bicyclic) bond motifs is 1. The van der Waals surface area contributed by atoms with Gasteiger partial charge >= 0.3 is 5.97 Å². The summed E-state index contributed by atoms with van der Waals surface area (Å²) in [5.41, 5.74) is 2.98. The largest absolute Gasteiger partial charge is 0.478 e. The number of pyridine rings is 1. The summed E-state index contributed by atoms with van der Waals surface area (Å²) < 4.78 is 1.76. The number of aromatic carboxylic acids is 1. The fourth-order valence-electron chi connectivity index (χ4n) is 2.21. The molecule has 1 amide bonds. The lowest BCUT2D eigenvalue weighted by atomic mass is 10.1. The normalized spacial score (nSPS) is 10.6. The van der Waals surface area contributed by atoms with Crippen LogP contribution in [0.5, 0.6) is 0 Å². The monoisotopic (exact) mass is 295 g/mol. The lowest BCUT2D eigenvalue weighted by Crippen LogP contribution is -2.05. The molecule has 2 N–H and O–H groups in total. The van der Waals surface area contributed by atoms with Crippen molar-refractivity contribution >= 4 is 23.2 Å². The average molecular weight is 295 g/mol. The molecule has 0 aliphatic carbocycles. The van der Waals surface area contributed by atoms with E-state index in [2.05, 4.69) is 10.3 Å². The SMILES string of the molecule is CC(=O)Nc1cccc(-c2cn3ccc(C(=O)O)cc3n2)c1. The lowest BCUT2D eigenvalue weighted by Gasteiger charge is -2.03. The first-order valence-corrected chi connectivity index (χ1v) is 6.63. The van der Waals surface area contributed by atoms with E-state index in [1.54, 1.807) is 16.7 Å². The third-order valence-corrected chi connectivity index (χ3v) is 3.19. The van der Waals surface area contributed by atoms with Crippen LogP contribution in [0.4, 0.5) is 5.69 Å². The second-order valence-electron chi connectivity index (χ2n) is 4.87. The Hall–Kier alpha value is -3.15. The van der Waals surface area contributed by atoms with Crippen LogP contribution in [0.25, 0.3) is 16.9 Å². The molecule has 1 aromatic carbocycles. The summed E-state index contributed by atoms with van der Waals surface area (Å²) in [5, 5.41) is 11.7. The first-order valence-electron chi connectivity index (χ1n) is 6.63. The molecule has 0 radical (unpaired) electrons. The third kappa shape index (κ3) is 2.67. The van der Waals surface area contributed by atoms with Gasteiger partial charge in [0.05, 0.1) is 11.3 Å². The molecular weight excluding hydrogens is 282 g/mol. The van der Waals surface area contributed by atoms with Crippen LogP contribution < -0.4 is 5.32 Å². The lowest BCUT2D eigenvalue weighted by molar-refractivity contribution is -0.114. The minimum Gasteiger partial charge on any atom is -0.478 e. The minimum absolute atomic E-state index is 0.141. The fourth-order valence-corrected chi connectivity index (χ4v) is 2.21. The molecule has 0 bridgehead atoms. The van der Waals surface area contributed by atoms with Gasteiger partial charge in [-0.1, -0.05) is 12.1 Å². The highest BCUT2D eigenvalue weighted by Gasteiger charge is 2.08. The molecule has 0 fully saturated rings. The molecule has 2 aromatic heterocycles. The van der Waals surface area contributed by atoms with Crippen LogP contribution in [0.1, 0.15) is 17.3 Å². The molecule has 0 unspecified atom stereocenters. The minimum atomic E-state index is -0.986. The molecule has 6 heteroatoms. The Kier molecular flexibility index (Phi) is 3.34. The number of carbonyl (C=O) groups is 2. The van der Waals surface area contributed by atoms with Crippen molar-refractivity contribution in [3.8, 4) is 11.3 Å². The number of hydrogen-bond donors (Lipinski definition) is 2. The number of anilines is 1. The standard InChI is InChI=1S/C16H13N3O3/c1-10(20)17-13-4-2-3-11(7-13)14-9-19-6-5-12(16(21)22)8-15(19)18-14/h2-9H,1H3,(H,17,20)(H,21,22). The van der Waals surface area contributed by atoms with Crippen molar-refractivity contribution in [2.75, 3.05) is 5.32 Å². The predicted octanol–water partition coefficient (Wildman–Crippen LogP) is 2.66. The Labute approximate surface area is 126 Å². The van der Waals surface area contributed by atoms with E-state index in [0.717, 1.165) is 5.56 Å². The van der Waals surface area contributed by atoms with Crippen molar-refractivity contribution in [3.63, 3.8) is 0 Å². The Balaban J connectivity index is 2.03. The number of benzene rings is 1. The maximum atomic E-state index is 11.1. The van der Waals surface area contributed by atoms with Gasteiger partial charge in [-0.2, -0.15) is 0 Å². The molecule has 0 aliphatic rings. The number of amides is 1. The third-order valence-electron chi connectivity index (χ3n) is 3.19. The first-order chi connectivity index (χ1) is 10.5. The molecule has 0 saturated carbocycles. The van der Waals surface area contributed by atoms with Crippen LogP contribution in [-0.2, 0) is 4.79 Å². The second kappa shape index (κ2) is 5.33. The van der Waals surface area contributed by atoms with Crippen LogP contribution in [-0.4, -0.2) is 26.4 Å². The molecule has 22 heavy (non-hydrogen) atoms. The molecule has 0 saturated heterocycles. The van der Waals surface area contributed by atoms with Crippen molar-refractivity contribution in [1.29, 1.82) is 0 Å². The number of nitrogens with zero attached hydrogens (tertiary/aromatic N) is 2. The topological polar surface area (TPSA) is 83.7 Å². The highest BCUT2D eigenvalue weighted by atomic mass is 16.4. The molecule has 0 spiro atoms. The summed E-state index contributed by atoms with van der Waals surface area (Å²) in [6, 6.07) is 10.4. The molecule has 3 rings (SSSR count). The predicted molar refractivity (Wildman–Crippen MR) is 81.9 cm³/mol. The summed E-state index contributed by atoms with van der Waals surface area (Å²) >= 11 is 0. The van der Waals surface area contributed by atoms with Crippen molar-refractivity contribution in [2.24, 2.45) is 0 Å². The zero-order valence-corrected chi connectivity index (χ0v) is 11.8. The smallest absolute Gasteiger partial charge is 0.335 e. The zero-order valence-electron chi connectivity index (χ0n) is 11.8. The van der Waals surface area contributed by atoms with Gasteiger partial charge in [-0.25, -0.2) is 9.78 Å². The number of hydrogen-bond acceptors (Lipinski definition) is 3. The summed E-state index contributed by atoms with van der Waals surface area (Å²) in [4.78, 5) is 26.5. The van der Waals surface area contributed by atoms with Crippen LogP contribution in [0.2, 0.25) is 0 Å². The number of imidazole rings is 1. The molecule has 110 valence electrons. The van der Waals surface area contributed by atoms with Gasteiger partial charge in [0.2, 0.25) is 5.91 Å². The van der Waals surface area contributed by atoms with Crippen LogP contribution in [0.15, 0.2) is 48.8 Å². The summed E-state index contributed by atoms with van der Waals surface area (Å²) in [5.74, 6) is -1.13. The van der Waals surface area contributed by atoms with Gasteiger partial charge in [-0.15, -0.1) is 0 Å². The highest BCUT2D eigenvalue weighted by Crippen LogP contribution is 2.22. The average Bonchev–Trinajstić information content (AvgIpc) is 2.89. The van der Waals surface area contributed by atoms with E-state index in [1.165, 1.54) is 19.1 Å². The number of nitrogens with one attached hydrogen (secondary N) is 1. The van der Waals surface area contributed by atoms with Crippen LogP contribution in [0.3, 0.4) is 0 Å². The van der Waals surface area contributed by atoms with Gasteiger partial charge < -0.3 is 14.8 Å². The van der Waals surface area contributed by atoms with E-state index < -0.39 is 5.97 Å². The van der Waals surface area contributed by atoms with Crippen molar-refractivity contribution in [1.82, 2.24) is 9.38 Å². The molecular formula is C16H13N3O3. The van der Waals surface area contributed by atoms with Crippen LogP contribution in [0, 0.1) is 0 Å². The summed E-state index contributed by atoms with van der Waals surface area (Å²) in [6.07, 6.45) is 3.47. The molecule has 0 aliphatic heterocycles. The summed E-state index contributed by atoms with van der Waals surface area (Å²) in [7, 11) is 0. The molecule has 2 heterocycles. The molecule has 6 nitrogen and oxygen atoms in total. The number of carbonyl (C=O) groups excluding carboxylic acids is 1. The van der Waals surface area contributed by atoms with E-state index >= 15 is 0 Å². The van der Waals surface area contributed by atoms with E-state index in [9.17, 15) is 9.59 Å². The van der Waals surface area contributed by atoms with Gasteiger partial charge in [0.1, 0.15) is 5.65 Å². The maximum Gasteiger partial charge on any atom is 0.335 e. The van der Waals surface area contributed by atoms with Gasteiger partial charge in [0.15, 0.2) is 0 Å². The van der Waals surface area contributed by atoms with E-state index in [1.807, 2.05) is 24.4 Å². The number of carboxylic acid groups (broad SMARTS) is 1. The van der Waals surface area contributed by atoms with E-state index in [0.29, 0.717) is 17.0 Å². The van der Waals surface area contributed by atoms with Crippen molar-refractivity contribution < 1.29 is 14.7 Å². The first kappa shape index (κ1) is 13.8. The quantitative estimate of drug-likeness (QED) is 0.778. The maximum absolute atomic E-state index is 11.1. The van der Waals surface area contributed by atoms with Gasteiger partial charge in [-0.05, 0) is 24.3 Å². The second-order valence-corrected chi connectivity index (χ2v) is 4.87. The molecule has 3 aromatic rings. The fraction of sp³-hybridized carbons (Fsp3) is 0.0625. The van der Waals surface area contributed by atoms with Gasteiger partial charge in [0, 0.05) is 30.6 Å². The molecule has 0 atom stereocenters. The van der Waals surface area contributed by atoms with E-state index in [4.69, 9.17) is 5.11 Å². The Bertz CT molecular complexity index is 883. The van der Waals surface area contributed by atoms with Crippen molar-refractivity contribution in [2.45, 2.75) is 6.92 Å². The highest BCUT2D eigenvalue weighted by molar-refractivity contribution is 5.90. The number of rotatable bonds is 3. The van der Waals surface area contributed by atoms with Gasteiger partial charge in [0.25, 0.3) is 0 Å². The zero-order chi connectivity index (χ0) is 15.7. The van der Waals surface area contributed by atoms with Crippen molar-refractivity contribution in [3.05, 3.63) is 54.4 Å². The van der Waals surface area contributed by atoms with Crippen LogP contribution >= 0.6 is 0 Å².